The van der Waals surface area contributed by atoms with Gasteiger partial charge in [0.1, 0.15) is 0 Å². The molecule has 32 heavy (non-hydrogen) atoms. The van der Waals surface area contributed by atoms with Crippen LogP contribution < -0.4 is 0 Å². The quantitative estimate of drug-likeness (QED) is 0.297. The van der Waals surface area contributed by atoms with Gasteiger partial charge in [-0.1, -0.05) is 77.8 Å². The third-order valence-corrected chi connectivity index (χ3v) is 5.56. The highest BCUT2D eigenvalue weighted by Gasteiger charge is 2.16. The Balaban J connectivity index is 1.59. The predicted molar refractivity (Wildman–Crippen MR) is 132 cm³/mol. The molecule has 0 aromatic heterocycles. The van der Waals surface area contributed by atoms with Crippen LogP contribution in [0.25, 0.3) is 11.1 Å². The molecule has 0 saturated heterocycles. The summed E-state index contributed by atoms with van der Waals surface area (Å²) in [5, 5.41) is 11.1. The fourth-order valence-electron chi connectivity index (χ4n) is 3.45. The van der Waals surface area contributed by atoms with Gasteiger partial charge in [-0.3, -0.25) is 0 Å². The maximum atomic E-state index is 9.82. The van der Waals surface area contributed by atoms with Gasteiger partial charge in [-0.2, -0.15) is 0 Å². The van der Waals surface area contributed by atoms with Gasteiger partial charge in [0.15, 0.2) is 5.79 Å². The molecule has 0 heterocycles. The lowest BCUT2D eigenvalue weighted by Gasteiger charge is -2.22. The lowest BCUT2D eigenvalue weighted by Crippen LogP contribution is -2.26. The van der Waals surface area contributed by atoms with Crippen LogP contribution in [-0.2, 0) is 22.5 Å². The van der Waals surface area contributed by atoms with Crippen LogP contribution in [0.2, 0.25) is 10.0 Å². The molecule has 0 saturated carbocycles. The van der Waals surface area contributed by atoms with E-state index in [1.54, 1.807) is 19.9 Å². The highest BCUT2D eigenvalue weighted by Crippen LogP contribution is 2.27. The van der Waals surface area contributed by atoms with E-state index < -0.39 is 5.79 Å². The van der Waals surface area contributed by atoms with Crippen molar-refractivity contribution in [3.63, 3.8) is 0 Å². The zero-order valence-electron chi connectivity index (χ0n) is 18.6. The summed E-state index contributed by atoms with van der Waals surface area (Å²) in [5.74, 6) is -1.14. The van der Waals surface area contributed by atoms with Gasteiger partial charge in [0.05, 0.1) is 19.3 Å². The number of aryl methyl sites for hydroxylation is 1. The van der Waals surface area contributed by atoms with Crippen molar-refractivity contribution in [3.05, 3.63) is 94.0 Å². The molecule has 3 aromatic carbocycles. The molecule has 0 aliphatic heterocycles. The molecule has 0 radical (unpaired) electrons. The van der Waals surface area contributed by atoms with Crippen molar-refractivity contribution in [2.45, 2.75) is 51.6 Å². The molecular weight excluding hydrogens is 443 g/mol. The van der Waals surface area contributed by atoms with Crippen LogP contribution in [-0.4, -0.2) is 23.6 Å². The van der Waals surface area contributed by atoms with Crippen LogP contribution in [0.5, 0.6) is 0 Å². The van der Waals surface area contributed by atoms with E-state index in [0.29, 0.717) is 23.3 Å². The van der Waals surface area contributed by atoms with Gasteiger partial charge in [-0.05, 0) is 73.6 Å². The zero-order chi connectivity index (χ0) is 23.0. The first-order valence-electron chi connectivity index (χ1n) is 10.9. The molecule has 3 rings (SSSR count). The predicted octanol–water partition coefficient (Wildman–Crippen LogP) is 7.31. The highest BCUT2D eigenvalue weighted by atomic mass is 35.5. The van der Waals surface area contributed by atoms with Crippen molar-refractivity contribution in [3.8, 4) is 11.1 Å². The lowest BCUT2D eigenvalue weighted by molar-refractivity contribution is -0.180. The van der Waals surface area contributed by atoms with Crippen LogP contribution in [0.15, 0.2) is 72.8 Å². The van der Waals surface area contributed by atoms with E-state index in [-0.39, 0.29) is 6.10 Å². The molecule has 1 N–H and O–H groups in total. The second kappa shape index (κ2) is 11.8. The zero-order valence-corrected chi connectivity index (χ0v) is 20.1. The number of rotatable bonds is 11. The average molecular weight is 473 g/mol. The number of hydrogen-bond acceptors (Lipinski definition) is 3. The summed E-state index contributed by atoms with van der Waals surface area (Å²) in [5.41, 5.74) is 4.46. The fraction of sp³-hybridized carbons (Fsp3) is 0.333. The Morgan fingerprint density at radius 2 is 1.47 bits per heavy atom. The number of benzene rings is 3. The molecular formula is C27H30Cl2O3. The first-order valence-corrected chi connectivity index (χ1v) is 11.6. The molecule has 0 aliphatic carbocycles. The maximum Gasteiger partial charge on any atom is 0.159 e. The van der Waals surface area contributed by atoms with E-state index in [2.05, 4.69) is 36.4 Å². The average Bonchev–Trinajstić information content (AvgIpc) is 2.75. The Hall–Kier alpha value is -1.88. The van der Waals surface area contributed by atoms with E-state index in [1.807, 2.05) is 30.3 Å². The van der Waals surface area contributed by atoms with Gasteiger partial charge >= 0.3 is 0 Å². The van der Waals surface area contributed by atoms with Gasteiger partial charge in [0, 0.05) is 10.0 Å². The Morgan fingerprint density at radius 1 is 0.812 bits per heavy atom. The molecule has 0 bridgehead atoms. The summed E-state index contributed by atoms with van der Waals surface area (Å²) in [6.07, 6.45) is 2.50. The van der Waals surface area contributed by atoms with Crippen LogP contribution in [0.1, 0.15) is 37.8 Å². The first-order chi connectivity index (χ1) is 15.3. The third kappa shape index (κ3) is 8.57. The van der Waals surface area contributed by atoms with Gasteiger partial charge in [0.2, 0.25) is 0 Å². The molecule has 170 valence electrons. The molecule has 0 amide bonds. The maximum absolute atomic E-state index is 9.82. The van der Waals surface area contributed by atoms with Gasteiger partial charge in [-0.15, -0.1) is 0 Å². The monoisotopic (exact) mass is 472 g/mol. The molecule has 0 fully saturated rings. The van der Waals surface area contributed by atoms with E-state index in [0.717, 1.165) is 36.0 Å². The number of ether oxygens (including phenoxy) is 2. The number of hydrogen-bond donors (Lipinski definition) is 1. The summed E-state index contributed by atoms with van der Waals surface area (Å²) >= 11 is 12.3. The molecule has 5 heteroatoms. The van der Waals surface area contributed by atoms with Crippen LogP contribution in [0, 0.1) is 0 Å². The Morgan fingerprint density at radius 3 is 2.09 bits per heavy atom. The highest BCUT2D eigenvalue weighted by molar-refractivity contribution is 6.35. The SMILES string of the molecule is CC(C)(O)OCCC(CCc1ccc(-c2cc(Cl)cc(Cl)c2)cc1)OCc1ccccc1. The minimum Gasteiger partial charge on any atom is -0.373 e. The van der Waals surface area contributed by atoms with E-state index in [1.165, 1.54) is 5.56 Å². The Bertz CT molecular complexity index is 946. The first kappa shape index (κ1) is 24.8. The van der Waals surface area contributed by atoms with Gasteiger partial charge in [0.25, 0.3) is 0 Å². The molecule has 3 nitrogen and oxygen atoms in total. The van der Waals surface area contributed by atoms with Crippen molar-refractivity contribution < 1.29 is 14.6 Å². The Kier molecular flexibility index (Phi) is 9.15. The van der Waals surface area contributed by atoms with Crippen molar-refractivity contribution in [1.82, 2.24) is 0 Å². The smallest absolute Gasteiger partial charge is 0.159 e. The van der Waals surface area contributed by atoms with E-state index in [4.69, 9.17) is 32.7 Å². The second-order valence-electron chi connectivity index (χ2n) is 8.40. The summed E-state index contributed by atoms with van der Waals surface area (Å²) in [6.45, 7) is 4.28. The lowest BCUT2D eigenvalue weighted by atomic mass is 10.0. The third-order valence-electron chi connectivity index (χ3n) is 5.13. The van der Waals surface area contributed by atoms with Crippen LogP contribution in [0.4, 0.5) is 0 Å². The van der Waals surface area contributed by atoms with Gasteiger partial charge in [-0.25, -0.2) is 0 Å². The standard InChI is InChI=1S/C27H30Cl2O3/c1-27(2,30)32-15-14-26(31-19-21-6-4-3-5-7-21)13-10-20-8-11-22(12-9-20)23-16-24(28)18-25(29)17-23/h3-9,11-12,16-18,26,30H,10,13-15,19H2,1-2H3. The Labute approximate surface area is 200 Å². The second-order valence-corrected chi connectivity index (χ2v) is 9.27. The van der Waals surface area contributed by atoms with E-state index in [9.17, 15) is 5.11 Å². The largest absolute Gasteiger partial charge is 0.373 e. The van der Waals surface area contributed by atoms with Gasteiger partial charge < -0.3 is 14.6 Å². The van der Waals surface area contributed by atoms with Crippen molar-refractivity contribution in [1.29, 1.82) is 0 Å². The molecule has 1 atom stereocenters. The summed E-state index contributed by atoms with van der Waals surface area (Å²) < 4.78 is 11.7. The summed E-state index contributed by atoms with van der Waals surface area (Å²) in [4.78, 5) is 0. The van der Waals surface area contributed by atoms with Crippen molar-refractivity contribution >= 4 is 23.2 Å². The van der Waals surface area contributed by atoms with Crippen LogP contribution in [0.3, 0.4) is 0 Å². The summed E-state index contributed by atoms with van der Waals surface area (Å²) in [7, 11) is 0. The topological polar surface area (TPSA) is 38.7 Å². The molecule has 1 unspecified atom stereocenters. The van der Waals surface area contributed by atoms with Crippen LogP contribution >= 0.6 is 23.2 Å². The fourth-order valence-corrected chi connectivity index (χ4v) is 3.98. The molecule has 0 spiro atoms. The minimum absolute atomic E-state index is 0.0315. The van der Waals surface area contributed by atoms with Crippen molar-refractivity contribution in [2.75, 3.05) is 6.61 Å². The number of aliphatic hydroxyl groups is 1. The number of halogens is 2. The summed E-state index contributed by atoms with van der Waals surface area (Å²) in [6, 6.07) is 24.2. The minimum atomic E-state index is -1.14. The van der Waals surface area contributed by atoms with Crippen molar-refractivity contribution in [2.24, 2.45) is 0 Å². The molecule has 3 aromatic rings. The molecule has 0 aliphatic rings. The van der Waals surface area contributed by atoms with E-state index >= 15 is 0 Å². The normalized spacial score (nSPS) is 12.7.